The SMILES string of the molecule is CCN(C)C(=O)CNC(=O)c1cccc(F)c1N. The molecule has 0 aliphatic rings. The molecule has 0 aromatic heterocycles. The molecular formula is C12H16FN3O2. The molecule has 0 unspecified atom stereocenters. The van der Waals surface area contributed by atoms with E-state index < -0.39 is 11.7 Å². The first-order valence-corrected chi connectivity index (χ1v) is 5.53. The number of nitrogens with one attached hydrogen (secondary N) is 1. The zero-order chi connectivity index (χ0) is 13.7. The van der Waals surface area contributed by atoms with Crippen molar-refractivity contribution < 1.29 is 14.0 Å². The van der Waals surface area contributed by atoms with Crippen molar-refractivity contribution in [3.8, 4) is 0 Å². The Morgan fingerprint density at radius 1 is 1.44 bits per heavy atom. The molecule has 0 saturated heterocycles. The van der Waals surface area contributed by atoms with Crippen LogP contribution in [0.2, 0.25) is 0 Å². The molecule has 0 fully saturated rings. The maximum absolute atomic E-state index is 13.1. The summed E-state index contributed by atoms with van der Waals surface area (Å²) in [6.45, 7) is 2.24. The number of carbonyl (C=O) groups excluding carboxylic acids is 2. The average Bonchev–Trinajstić information content (AvgIpc) is 2.37. The van der Waals surface area contributed by atoms with E-state index in [-0.39, 0.29) is 23.7 Å². The van der Waals surface area contributed by atoms with Gasteiger partial charge in [-0.3, -0.25) is 9.59 Å². The van der Waals surface area contributed by atoms with Crippen LogP contribution in [0.25, 0.3) is 0 Å². The van der Waals surface area contributed by atoms with Gasteiger partial charge in [0.05, 0.1) is 17.8 Å². The van der Waals surface area contributed by atoms with Crippen LogP contribution in [0.5, 0.6) is 0 Å². The number of hydrogen-bond donors (Lipinski definition) is 2. The van der Waals surface area contributed by atoms with Crippen molar-refractivity contribution in [3.05, 3.63) is 29.6 Å². The predicted octanol–water partition coefficient (Wildman–Crippen LogP) is 0.616. The molecule has 1 aromatic rings. The first-order chi connectivity index (χ1) is 8.47. The molecule has 1 rings (SSSR count). The van der Waals surface area contributed by atoms with Gasteiger partial charge >= 0.3 is 0 Å². The van der Waals surface area contributed by atoms with Crippen LogP contribution in [0, 0.1) is 5.82 Å². The topological polar surface area (TPSA) is 75.4 Å². The summed E-state index contributed by atoms with van der Waals surface area (Å²) in [5, 5.41) is 2.41. The summed E-state index contributed by atoms with van der Waals surface area (Å²) in [6.07, 6.45) is 0. The molecule has 0 atom stereocenters. The lowest BCUT2D eigenvalue weighted by molar-refractivity contribution is -0.128. The fourth-order valence-corrected chi connectivity index (χ4v) is 1.30. The van der Waals surface area contributed by atoms with Crippen LogP contribution in [0.3, 0.4) is 0 Å². The molecule has 18 heavy (non-hydrogen) atoms. The van der Waals surface area contributed by atoms with Crippen molar-refractivity contribution in [1.29, 1.82) is 0 Å². The maximum atomic E-state index is 13.1. The van der Waals surface area contributed by atoms with Gasteiger partial charge in [0.2, 0.25) is 5.91 Å². The number of hydrogen-bond acceptors (Lipinski definition) is 3. The van der Waals surface area contributed by atoms with Crippen LogP contribution in [0.1, 0.15) is 17.3 Å². The molecule has 0 saturated carbocycles. The summed E-state index contributed by atoms with van der Waals surface area (Å²) < 4.78 is 13.1. The van der Waals surface area contributed by atoms with E-state index in [0.29, 0.717) is 6.54 Å². The number of amides is 2. The Hall–Kier alpha value is -2.11. The standard InChI is InChI=1S/C12H16FN3O2/c1-3-16(2)10(17)7-15-12(18)8-5-4-6-9(13)11(8)14/h4-6H,3,7,14H2,1-2H3,(H,15,18). The molecule has 0 heterocycles. The number of benzene rings is 1. The number of nitrogens with two attached hydrogens (primary N) is 1. The normalized spacial score (nSPS) is 9.94. The number of halogens is 1. The second-order valence-electron chi connectivity index (χ2n) is 3.79. The Morgan fingerprint density at radius 3 is 2.72 bits per heavy atom. The lowest BCUT2D eigenvalue weighted by Crippen LogP contribution is -2.38. The zero-order valence-corrected chi connectivity index (χ0v) is 10.4. The van der Waals surface area contributed by atoms with Crippen molar-refractivity contribution in [2.75, 3.05) is 25.9 Å². The number of carbonyl (C=O) groups is 2. The van der Waals surface area contributed by atoms with Crippen LogP contribution in [-0.2, 0) is 4.79 Å². The predicted molar refractivity (Wildman–Crippen MR) is 66.5 cm³/mol. The van der Waals surface area contributed by atoms with Crippen LogP contribution < -0.4 is 11.1 Å². The molecule has 0 aliphatic carbocycles. The van der Waals surface area contributed by atoms with Crippen LogP contribution >= 0.6 is 0 Å². The minimum atomic E-state index is -0.653. The van der Waals surface area contributed by atoms with Crippen molar-refractivity contribution in [2.45, 2.75) is 6.92 Å². The fourth-order valence-electron chi connectivity index (χ4n) is 1.30. The largest absolute Gasteiger partial charge is 0.396 e. The van der Waals surface area contributed by atoms with Crippen molar-refractivity contribution in [2.24, 2.45) is 0 Å². The van der Waals surface area contributed by atoms with E-state index in [4.69, 9.17) is 5.73 Å². The first kappa shape index (κ1) is 14.0. The third-order valence-corrected chi connectivity index (χ3v) is 2.60. The first-order valence-electron chi connectivity index (χ1n) is 5.53. The molecule has 0 radical (unpaired) electrons. The van der Waals surface area contributed by atoms with Gasteiger partial charge in [-0.25, -0.2) is 4.39 Å². The number of para-hydroxylation sites is 1. The van der Waals surface area contributed by atoms with Gasteiger partial charge in [0.25, 0.3) is 5.91 Å². The van der Waals surface area contributed by atoms with Gasteiger partial charge < -0.3 is 16.0 Å². The van der Waals surface area contributed by atoms with Crippen LogP contribution in [0.15, 0.2) is 18.2 Å². The summed E-state index contributed by atoms with van der Waals surface area (Å²) in [5.74, 6) is -1.44. The minimum absolute atomic E-state index is 0.0296. The monoisotopic (exact) mass is 253 g/mol. The summed E-state index contributed by atoms with van der Waals surface area (Å²) in [6, 6.07) is 3.96. The second-order valence-corrected chi connectivity index (χ2v) is 3.79. The van der Waals surface area contributed by atoms with E-state index in [1.54, 1.807) is 7.05 Å². The molecular weight excluding hydrogens is 237 g/mol. The Morgan fingerprint density at radius 2 is 2.11 bits per heavy atom. The van der Waals surface area contributed by atoms with Crippen molar-refractivity contribution in [3.63, 3.8) is 0 Å². The molecule has 3 N–H and O–H groups in total. The number of likely N-dealkylation sites (N-methyl/N-ethyl adjacent to an activating group) is 1. The zero-order valence-electron chi connectivity index (χ0n) is 10.4. The summed E-state index contributed by atoms with van der Waals surface area (Å²) in [7, 11) is 1.63. The van der Waals surface area contributed by atoms with Gasteiger partial charge in [-0.05, 0) is 19.1 Å². The van der Waals surface area contributed by atoms with Gasteiger partial charge in [0, 0.05) is 13.6 Å². The van der Waals surface area contributed by atoms with Gasteiger partial charge in [-0.2, -0.15) is 0 Å². The number of anilines is 1. The summed E-state index contributed by atoms with van der Waals surface area (Å²) in [4.78, 5) is 24.6. The van der Waals surface area contributed by atoms with Crippen molar-refractivity contribution >= 4 is 17.5 Å². The van der Waals surface area contributed by atoms with Crippen LogP contribution in [0.4, 0.5) is 10.1 Å². The Labute approximate surface area is 105 Å². The lowest BCUT2D eigenvalue weighted by atomic mass is 10.1. The number of nitrogens with zero attached hydrogens (tertiary/aromatic N) is 1. The summed E-state index contributed by atoms with van der Waals surface area (Å²) in [5.41, 5.74) is 5.26. The number of nitrogen functional groups attached to an aromatic ring is 1. The molecule has 5 nitrogen and oxygen atoms in total. The fraction of sp³-hybridized carbons (Fsp3) is 0.333. The van der Waals surface area contributed by atoms with E-state index >= 15 is 0 Å². The minimum Gasteiger partial charge on any atom is -0.396 e. The van der Waals surface area contributed by atoms with E-state index in [0.717, 1.165) is 0 Å². The molecule has 0 aliphatic heterocycles. The molecule has 2 amide bonds. The third-order valence-electron chi connectivity index (χ3n) is 2.60. The Bertz CT molecular complexity index is 463. The van der Waals surface area contributed by atoms with E-state index in [9.17, 15) is 14.0 Å². The third kappa shape index (κ3) is 3.19. The Kier molecular flexibility index (Phi) is 4.65. The highest BCUT2D eigenvalue weighted by atomic mass is 19.1. The summed E-state index contributed by atoms with van der Waals surface area (Å²) >= 11 is 0. The maximum Gasteiger partial charge on any atom is 0.253 e. The quantitative estimate of drug-likeness (QED) is 0.772. The van der Waals surface area contributed by atoms with Gasteiger partial charge in [0.15, 0.2) is 0 Å². The van der Waals surface area contributed by atoms with E-state index in [2.05, 4.69) is 5.32 Å². The van der Waals surface area contributed by atoms with Crippen LogP contribution in [-0.4, -0.2) is 36.9 Å². The Balaban J connectivity index is 2.67. The highest BCUT2D eigenvalue weighted by molar-refractivity contribution is 6.00. The van der Waals surface area contributed by atoms with Crippen molar-refractivity contribution in [1.82, 2.24) is 10.2 Å². The lowest BCUT2D eigenvalue weighted by Gasteiger charge is -2.15. The molecule has 98 valence electrons. The molecule has 6 heteroatoms. The highest BCUT2D eigenvalue weighted by Crippen LogP contribution is 2.15. The molecule has 0 bridgehead atoms. The second kappa shape index (κ2) is 6.00. The van der Waals surface area contributed by atoms with Gasteiger partial charge in [0.1, 0.15) is 5.82 Å². The van der Waals surface area contributed by atoms with Gasteiger partial charge in [-0.15, -0.1) is 0 Å². The molecule has 1 aromatic carbocycles. The average molecular weight is 253 g/mol. The molecule has 0 spiro atoms. The van der Waals surface area contributed by atoms with Gasteiger partial charge in [-0.1, -0.05) is 6.07 Å². The number of rotatable bonds is 4. The van der Waals surface area contributed by atoms with E-state index in [1.165, 1.54) is 23.1 Å². The highest BCUT2D eigenvalue weighted by Gasteiger charge is 2.14. The van der Waals surface area contributed by atoms with E-state index in [1.807, 2.05) is 6.92 Å². The smallest absolute Gasteiger partial charge is 0.253 e.